The molecule has 4 aliphatic rings. The lowest BCUT2D eigenvalue weighted by molar-refractivity contribution is -0.143. The molecule has 125 heavy (non-hydrogen) atoms. The highest BCUT2D eigenvalue weighted by Crippen LogP contribution is 2.46. The van der Waals surface area contributed by atoms with E-state index >= 15 is 19.2 Å². The Labute approximate surface area is 747 Å². The molecule has 2 aromatic heterocycles. The first-order chi connectivity index (χ1) is 59.4. The number of nitrogens with two attached hydrogens (primary N) is 4. The van der Waals surface area contributed by atoms with Gasteiger partial charge in [0.2, 0.25) is 70.9 Å². The van der Waals surface area contributed by atoms with Gasteiger partial charge in [0.1, 0.15) is 72.5 Å². The molecular formula is C92H145N17O14S2. The molecule has 694 valence electrons. The monoisotopic (exact) mass is 1780 g/mol. The van der Waals surface area contributed by atoms with E-state index < -0.39 is 173 Å². The number of aryl methyl sites for hydroxylation is 2. The molecule has 0 unspecified atom stereocenters. The van der Waals surface area contributed by atoms with Crippen LogP contribution < -0.4 is 81.4 Å². The van der Waals surface area contributed by atoms with Crippen LogP contribution in [0.3, 0.4) is 0 Å². The number of allylic oxidation sites excluding steroid dienone is 2. The van der Waals surface area contributed by atoms with Crippen LogP contribution in [0.5, 0.6) is 0 Å². The third kappa shape index (κ3) is 30.1. The Bertz CT molecular complexity index is 4200. The second-order valence-electron chi connectivity index (χ2n) is 36.6. The molecule has 3 aliphatic heterocycles. The van der Waals surface area contributed by atoms with Crippen LogP contribution in [-0.2, 0) is 64.0 Å². The number of hydrogen-bond donors (Lipinski definition) is 15. The van der Waals surface area contributed by atoms with Crippen LogP contribution in [0.15, 0.2) is 42.5 Å². The fourth-order valence-electron chi connectivity index (χ4n) is 17.0. The van der Waals surface area contributed by atoms with Gasteiger partial charge >= 0.3 is 0 Å². The number of ketones is 1. The number of carbonyl (C=O) groups excluding carboxylic acids is 14. The van der Waals surface area contributed by atoms with Crippen LogP contribution in [0.4, 0.5) is 0 Å². The normalized spacial score (nSPS) is 25.0. The maximum absolute atomic E-state index is 15.4. The van der Waals surface area contributed by atoms with Crippen LogP contribution in [0, 0.1) is 49.4 Å². The Morgan fingerprint density at radius 3 is 1.10 bits per heavy atom. The van der Waals surface area contributed by atoms with Crippen molar-refractivity contribution >= 4 is 116 Å². The van der Waals surface area contributed by atoms with Crippen molar-refractivity contribution < 1.29 is 67.1 Å². The average Bonchev–Trinajstić information content (AvgIpc) is 1.63. The standard InChI is InChI=1S/C92H145N17O14S2/c1-51(2)45-68-84(115)97-66(35-20-24-41-95)83(114)106-77(55(9)10)90(121)104-71(48-59-29-16-15-17-30-59)92(123)109-44-28-38-73(109)86(117)102-69(46-52(3)4)85(116)98-67(36-21-25-42-96)82(113)105-76(54(7)8)88(119)100-65(34-19-23-40-94)81(112)103-70(47-53(5)6)91(122)108-43-27-37-72(108)79(110)74-49-62(57(13)124-74)60-31-26-32-61(60)63-50-75(125-58(63)14)87(118)107-78(56(11)12)89(120)99-64(80(111)101-68)33-18-22-39-93/h15-17,29-30,49-56,64-73,76-78H,18-28,31-48,93-96H2,1-14H3,(H,97,115)(H,98,116)(H,99,120)(H,100,119)(H,101,111)(H,102,117)(H,103,112)(H,104,121)(H,105,113)(H,106,114)(H,107,118)/t64-,65-,66-,67-,68-,69-,70-,71+,72+,73-,76-,77-,78-/m0/s1. The molecule has 0 spiro atoms. The average molecular weight is 1780 g/mol. The smallest absolute Gasteiger partial charge is 0.262 e. The molecule has 13 amide bonds. The van der Waals surface area contributed by atoms with Crippen molar-refractivity contribution in [2.75, 3.05) is 39.3 Å². The third-order valence-electron chi connectivity index (χ3n) is 23.8. The molecular weight excluding hydrogens is 1630 g/mol. The maximum Gasteiger partial charge on any atom is 0.262 e. The summed E-state index contributed by atoms with van der Waals surface area (Å²) in [6.45, 7) is 27.0. The number of nitrogens with one attached hydrogen (secondary N) is 11. The van der Waals surface area contributed by atoms with Gasteiger partial charge in [-0.25, -0.2) is 0 Å². The molecule has 31 nitrogen and oxygen atoms in total. The van der Waals surface area contributed by atoms with Gasteiger partial charge < -0.3 is 91.2 Å². The molecule has 13 atom stereocenters. The molecule has 1 aliphatic carbocycles. The van der Waals surface area contributed by atoms with Gasteiger partial charge in [-0.2, -0.15) is 0 Å². The van der Waals surface area contributed by atoms with Gasteiger partial charge in [0, 0.05) is 29.3 Å². The number of rotatable bonds is 27. The minimum Gasteiger partial charge on any atom is -0.343 e. The van der Waals surface area contributed by atoms with Crippen molar-refractivity contribution in [1.29, 1.82) is 0 Å². The van der Waals surface area contributed by atoms with E-state index in [0.717, 1.165) is 38.4 Å². The van der Waals surface area contributed by atoms with Gasteiger partial charge in [-0.15, -0.1) is 22.7 Å². The van der Waals surface area contributed by atoms with E-state index in [1.54, 1.807) is 76.8 Å². The summed E-state index contributed by atoms with van der Waals surface area (Å²) in [6, 6.07) is -2.97. The molecule has 0 radical (unpaired) electrons. The van der Waals surface area contributed by atoms with Gasteiger partial charge in [0.05, 0.1) is 15.8 Å². The highest BCUT2D eigenvalue weighted by molar-refractivity contribution is 7.14. The predicted molar refractivity (Wildman–Crippen MR) is 488 cm³/mol. The molecule has 33 heteroatoms. The van der Waals surface area contributed by atoms with E-state index in [1.807, 2.05) is 67.5 Å². The van der Waals surface area contributed by atoms with Gasteiger partial charge in [0.25, 0.3) is 5.91 Å². The first-order valence-corrected chi connectivity index (χ1v) is 47.3. The number of hydrogen-bond acceptors (Lipinski definition) is 20. The fourth-order valence-corrected chi connectivity index (χ4v) is 19.0. The first kappa shape index (κ1) is 103. The highest BCUT2D eigenvalue weighted by atomic mass is 32.1. The van der Waals surface area contributed by atoms with E-state index in [9.17, 15) is 47.9 Å². The summed E-state index contributed by atoms with van der Waals surface area (Å²) in [5, 5.41) is 32.0. The number of carbonyl (C=O) groups is 14. The van der Waals surface area contributed by atoms with E-state index in [0.29, 0.717) is 98.8 Å². The van der Waals surface area contributed by atoms with Crippen LogP contribution in [0.25, 0.3) is 11.1 Å². The van der Waals surface area contributed by atoms with E-state index in [1.165, 1.54) is 27.6 Å². The maximum atomic E-state index is 15.4. The van der Waals surface area contributed by atoms with Crippen molar-refractivity contribution in [1.82, 2.24) is 68.3 Å². The zero-order valence-corrected chi connectivity index (χ0v) is 77.9. The highest BCUT2D eigenvalue weighted by Gasteiger charge is 2.45. The van der Waals surface area contributed by atoms with Gasteiger partial charge in [0.15, 0.2) is 5.78 Å². The summed E-state index contributed by atoms with van der Waals surface area (Å²) in [7, 11) is 0. The molecule has 3 aromatic rings. The zero-order chi connectivity index (χ0) is 92.1. The molecule has 5 heterocycles. The summed E-state index contributed by atoms with van der Waals surface area (Å²) in [5.41, 5.74) is 28.3. The van der Waals surface area contributed by atoms with Gasteiger partial charge in [-0.3, -0.25) is 67.1 Å². The second kappa shape index (κ2) is 50.5. The van der Waals surface area contributed by atoms with E-state index in [-0.39, 0.29) is 121 Å². The number of amides is 13. The first-order valence-electron chi connectivity index (χ1n) is 45.7. The van der Waals surface area contributed by atoms with Crippen LogP contribution in [0.2, 0.25) is 0 Å². The number of fused-ring (bicyclic) bond motifs is 8. The zero-order valence-electron chi connectivity index (χ0n) is 76.3. The molecule has 19 N–H and O–H groups in total. The fraction of sp³-hybridized carbons (Fsp3) is 0.674. The molecule has 0 saturated carbocycles. The Morgan fingerprint density at radius 1 is 0.360 bits per heavy atom. The summed E-state index contributed by atoms with van der Waals surface area (Å²) in [6.07, 6.45) is 7.77. The van der Waals surface area contributed by atoms with Crippen molar-refractivity contribution in [3.8, 4) is 0 Å². The van der Waals surface area contributed by atoms with Gasteiger partial charge in [-0.05, 0) is 257 Å². The molecule has 2 saturated heterocycles. The Hall–Kier alpha value is -9.02. The number of nitrogens with zero attached hydrogens (tertiary/aromatic N) is 2. The quantitative estimate of drug-likeness (QED) is 0.0362. The minimum atomic E-state index is -1.31. The second-order valence-corrected chi connectivity index (χ2v) is 39.1. The third-order valence-corrected chi connectivity index (χ3v) is 25.9. The number of thiophene rings is 2. The minimum absolute atomic E-state index is 0.0456. The molecule has 7 rings (SSSR count). The lowest BCUT2D eigenvalue weighted by atomic mass is 9.96. The Morgan fingerprint density at radius 2 is 0.688 bits per heavy atom. The van der Waals surface area contributed by atoms with Crippen molar-refractivity contribution in [2.45, 2.75) is 323 Å². The summed E-state index contributed by atoms with van der Waals surface area (Å²) in [5.74, 6) is -11.0. The largest absolute Gasteiger partial charge is 0.343 e. The van der Waals surface area contributed by atoms with Crippen LogP contribution in [-0.4, -0.2) is 210 Å². The number of benzene rings is 1. The lowest BCUT2D eigenvalue weighted by Gasteiger charge is -2.32. The predicted octanol–water partition coefficient (Wildman–Crippen LogP) is 6.51. The van der Waals surface area contributed by atoms with Crippen LogP contribution in [0.1, 0.15) is 270 Å². The van der Waals surface area contributed by atoms with Crippen molar-refractivity contribution in [2.24, 2.45) is 58.4 Å². The Balaban J connectivity index is 1.28. The SMILES string of the molecule is Cc1sc2cc1C1=C(CCC1)c1cc(sc1C)C(=O)[C@H]1CCCN1C(=O)[C@H](CC(C)C)NC(=O)[C@H](CCCCN)NC(=O)[C@H](C(C)C)NC(=O)[C@H](CCCCN)NC(=O)[C@H](CC(C)C)NC(=O)[C@@H]1CCCN1C(=O)[C@@H](Cc1ccccc1)NC(=O)[C@H](C(C)C)NC(=O)[C@H](CCCCN)NC(=O)[C@H](CC(C)C)NC(=O)[C@H](CCCCN)NC(=O)[C@H](C(C)C)NC2=O. The molecule has 1 aromatic carbocycles. The summed E-state index contributed by atoms with van der Waals surface area (Å²) >= 11 is 2.62. The van der Waals surface area contributed by atoms with E-state index in [2.05, 4.69) is 58.5 Å². The number of Topliss-reactive ketones (excluding diaryl/α,β-unsaturated/α-hetero) is 1. The summed E-state index contributed by atoms with van der Waals surface area (Å²) in [4.78, 5) is 215. The summed E-state index contributed by atoms with van der Waals surface area (Å²) < 4.78 is 0. The number of unbranched alkanes of at least 4 members (excludes halogenated alkanes) is 4. The van der Waals surface area contributed by atoms with E-state index in [4.69, 9.17) is 22.9 Å². The topological polar surface area (TPSA) is 482 Å². The molecule has 4 bridgehead atoms. The van der Waals surface area contributed by atoms with Crippen molar-refractivity contribution in [3.63, 3.8) is 0 Å². The lowest BCUT2D eigenvalue weighted by Crippen LogP contribution is -2.61. The molecule has 2 fully saturated rings. The van der Waals surface area contributed by atoms with Crippen LogP contribution >= 0.6 is 22.7 Å². The van der Waals surface area contributed by atoms with Crippen molar-refractivity contribution in [3.05, 3.63) is 78.7 Å². The van der Waals surface area contributed by atoms with Gasteiger partial charge in [-0.1, -0.05) is 113 Å². The Kier molecular flexibility index (Phi) is 41.6.